The van der Waals surface area contributed by atoms with Gasteiger partial charge in [0.15, 0.2) is 5.78 Å². The monoisotopic (exact) mass is 394 g/mol. The van der Waals surface area contributed by atoms with Crippen LogP contribution >= 0.6 is 0 Å². The van der Waals surface area contributed by atoms with E-state index in [1.807, 2.05) is 24.3 Å². The Morgan fingerprint density at radius 2 is 1.55 bits per heavy atom. The fourth-order valence-electron chi connectivity index (χ4n) is 3.49. The Bertz CT molecular complexity index is 849. The van der Waals surface area contributed by atoms with E-state index in [9.17, 15) is 9.90 Å². The van der Waals surface area contributed by atoms with E-state index in [-0.39, 0.29) is 17.0 Å². The molecule has 4 heteroatoms. The normalized spacial score (nSPS) is 16.1. The highest BCUT2D eigenvalue weighted by molar-refractivity contribution is 5.94. The van der Waals surface area contributed by atoms with Crippen LogP contribution in [0.2, 0.25) is 0 Å². The lowest BCUT2D eigenvalue weighted by Crippen LogP contribution is -2.45. The first kappa shape index (κ1) is 21.3. The Kier molecular flexibility index (Phi) is 6.88. The van der Waals surface area contributed by atoms with Crippen molar-refractivity contribution in [1.29, 1.82) is 0 Å². The minimum Gasteiger partial charge on any atom is -0.512 e. The molecule has 1 aliphatic heterocycles. The lowest BCUT2D eigenvalue weighted by Gasteiger charge is -2.40. The van der Waals surface area contributed by atoms with E-state index in [1.54, 1.807) is 6.92 Å². The topological polar surface area (TPSA) is 55.8 Å². The second-order valence-electron chi connectivity index (χ2n) is 8.03. The Balaban J connectivity index is 1.58. The molecule has 3 rings (SSSR count). The van der Waals surface area contributed by atoms with E-state index in [2.05, 4.69) is 31.2 Å². The summed E-state index contributed by atoms with van der Waals surface area (Å²) in [5.74, 6) is -0.00403. The molecule has 1 saturated heterocycles. The summed E-state index contributed by atoms with van der Waals surface area (Å²) in [7, 11) is 0. The molecule has 1 heterocycles. The number of aliphatic hydroxyl groups excluding tert-OH is 1. The van der Waals surface area contributed by atoms with Crippen LogP contribution in [0.3, 0.4) is 0 Å². The molecule has 0 amide bonds. The molecule has 1 aliphatic rings. The molecule has 2 aromatic rings. The molecule has 0 aromatic heterocycles. The van der Waals surface area contributed by atoms with Crippen LogP contribution in [0.25, 0.3) is 11.1 Å². The predicted octanol–water partition coefficient (Wildman–Crippen LogP) is 5.26. The molecule has 0 spiro atoms. The number of benzene rings is 2. The summed E-state index contributed by atoms with van der Waals surface area (Å²) in [4.78, 5) is 11.6. The smallest absolute Gasteiger partial charge is 0.159 e. The average molecular weight is 395 g/mol. The summed E-state index contributed by atoms with van der Waals surface area (Å²) < 4.78 is 11.3. The van der Waals surface area contributed by atoms with Gasteiger partial charge in [-0.15, -0.1) is 0 Å². The van der Waals surface area contributed by atoms with Crippen molar-refractivity contribution in [1.82, 2.24) is 0 Å². The first-order chi connectivity index (χ1) is 13.9. The maximum Gasteiger partial charge on any atom is 0.159 e. The highest BCUT2D eigenvalue weighted by Crippen LogP contribution is 2.31. The van der Waals surface area contributed by atoms with E-state index in [0.717, 1.165) is 48.5 Å². The molecular formula is C25H30O4. The molecule has 1 fully saturated rings. The van der Waals surface area contributed by atoms with E-state index in [0.29, 0.717) is 18.6 Å². The van der Waals surface area contributed by atoms with E-state index in [4.69, 9.17) is 9.47 Å². The molecule has 2 aromatic carbocycles. The number of ether oxygens (including phenoxy) is 2. The number of hydrogen-bond donors (Lipinski definition) is 1. The Morgan fingerprint density at radius 1 is 1.00 bits per heavy atom. The zero-order valence-corrected chi connectivity index (χ0v) is 17.5. The van der Waals surface area contributed by atoms with Crippen molar-refractivity contribution in [3.8, 4) is 11.1 Å². The van der Waals surface area contributed by atoms with Crippen molar-refractivity contribution in [2.45, 2.75) is 40.2 Å². The maximum absolute atomic E-state index is 11.6. The molecule has 1 N–H and O–H groups in total. The number of aliphatic hydroxyl groups is 1. The molecule has 0 aliphatic carbocycles. The third-order valence-corrected chi connectivity index (χ3v) is 5.73. The average Bonchev–Trinajstić information content (AvgIpc) is 2.69. The largest absolute Gasteiger partial charge is 0.512 e. The van der Waals surface area contributed by atoms with Crippen molar-refractivity contribution in [3.63, 3.8) is 0 Å². The molecule has 0 saturated carbocycles. The number of carbonyl (C=O) groups excluding carboxylic acids is 1. The van der Waals surface area contributed by atoms with Crippen molar-refractivity contribution < 1.29 is 19.4 Å². The minimum atomic E-state index is -0.0958. The van der Waals surface area contributed by atoms with Gasteiger partial charge < -0.3 is 14.6 Å². The summed E-state index contributed by atoms with van der Waals surface area (Å²) >= 11 is 0. The second-order valence-corrected chi connectivity index (χ2v) is 8.03. The van der Waals surface area contributed by atoms with Crippen molar-refractivity contribution >= 4 is 5.78 Å². The third-order valence-electron chi connectivity index (χ3n) is 5.73. The number of rotatable bonds is 9. The zero-order chi connectivity index (χ0) is 20.9. The van der Waals surface area contributed by atoms with Gasteiger partial charge in [-0.2, -0.15) is 0 Å². The van der Waals surface area contributed by atoms with Gasteiger partial charge in [-0.3, -0.25) is 4.79 Å². The zero-order valence-electron chi connectivity index (χ0n) is 17.5. The summed E-state index contributed by atoms with van der Waals surface area (Å²) in [5, 5.41) is 9.68. The van der Waals surface area contributed by atoms with Gasteiger partial charge in [0, 0.05) is 17.4 Å². The highest BCUT2D eigenvalue weighted by Gasteiger charge is 2.36. The van der Waals surface area contributed by atoms with Gasteiger partial charge in [-0.05, 0) is 42.5 Å². The molecule has 154 valence electrons. The SMILES string of the molecule is CCC1(COCc2ccc(-c3ccc(CC(C(C)=O)=C(C)O)cc3)cc2)COC1. The maximum atomic E-state index is 11.6. The van der Waals surface area contributed by atoms with Gasteiger partial charge >= 0.3 is 0 Å². The van der Waals surface area contributed by atoms with E-state index >= 15 is 0 Å². The van der Waals surface area contributed by atoms with E-state index < -0.39 is 0 Å². The molecule has 4 nitrogen and oxygen atoms in total. The summed E-state index contributed by atoms with van der Waals surface area (Å²) in [6, 6.07) is 16.5. The predicted molar refractivity (Wildman–Crippen MR) is 115 cm³/mol. The van der Waals surface area contributed by atoms with Gasteiger partial charge in [0.1, 0.15) is 0 Å². The quantitative estimate of drug-likeness (QED) is 0.466. The summed E-state index contributed by atoms with van der Waals surface area (Å²) in [6.07, 6.45) is 1.53. The van der Waals surface area contributed by atoms with Crippen LogP contribution in [-0.2, 0) is 27.3 Å². The van der Waals surface area contributed by atoms with Crippen LogP contribution in [-0.4, -0.2) is 30.7 Å². The summed E-state index contributed by atoms with van der Waals surface area (Å²) in [6.45, 7) is 8.20. The number of allylic oxidation sites excluding steroid dienone is 2. The van der Waals surface area contributed by atoms with Crippen molar-refractivity contribution in [3.05, 3.63) is 71.0 Å². The highest BCUT2D eigenvalue weighted by atomic mass is 16.5. The number of ketones is 1. The van der Waals surface area contributed by atoms with Crippen LogP contribution in [0.4, 0.5) is 0 Å². The first-order valence-corrected chi connectivity index (χ1v) is 10.2. The fraction of sp³-hybridized carbons (Fsp3) is 0.400. The van der Waals surface area contributed by atoms with Gasteiger partial charge in [-0.25, -0.2) is 0 Å². The third kappa shape index (κ3) is 5.34. The molecule has 0 radical (unpaired) electrons. The fourth-order valence-corrected chi connectivity index (χ4v) is 3.49. The minimum absolute atomic E-state index is 0.0917. The molecular weight excluding hydrogens is 364 g/mol. The lowest BCUT2D eigenvalue weighted by molar-refractivity contribution is -0.152. The number of hydrogen-bond acceptors (Lipinski definition) is 4. The first-order valence-electron chi connectivity index (χ1n) is 10.2. The molecule has 0 atom stereocenters. The standard InChI is InChI=1S/C25H30O4/c1-4-25(16-29-17-25)15-28-14-21-7-11-23(12-8-21)22-9-5-20(6-10-22)13-24(18(2)26)19(3)27/h5-12,26H,4,13-17H2,1-3H3. The number of carbonyl (C=O) groups is 1. The number of Topliss-reactive ketones (excluding diaryl/α,β-unsaturated/α-hetero) is 1. The van der Waals surface area contributed by atoms with E-state index in [1.165, 1.54) is 6.92 Å². The van der Waals surface area contributed by atoms with Gasteiger partial charge in [0.25, 0.3) is 0 Å². The van der Waals surface area contributed by atoms with Gasteiger partial charge in [-0.1, -0.05) is 55.5 Å². The Labute approximate surface area is 173 Å². The van der Waals surface area contributed by atoms with Crippen molar-refractivity contribution in [2.75, 3.05) is 19.8 Å². The summed E-state index contributed by atoms with van der Waals surface area (Å²) in [5.41, 5.74) is 5.09. The molecule has 0 unspecified atom stereocenters. The second kappa shape index (κ2) is 9.38. The van der Waals surface area contributed by atoms with Crippen molar-refractivity contribution in [2.24, 2.45) is 5.41 Å². The Morgan fingerprint density at radius 3 is 1.97 bits per heavy atom. The van der Waals surface area contributed by atoms with Gasteiger partial charge in [0.2, 0.25) is 0 Å². The van der Waals surface area contributed by atoms with Crippen LogP contribution in [0, 0.1) is 5.41 Å². The Hall–Kier alpha value is -2.43. The van der Waals surface area contributed by atoms with Gasteiger partial charge in [0.05, 0.1) is 32.2 Å². The molecule has 29 heavy (non-hydrogen) atoms. The van der Waals surface area contributed by atoms with Crippen LogP contribution in [0.5, 0.6) is 0 Å². The lowest BCUT2D eigenvalue weighted by atomic mass is 9.84. The molecule has 0 bridgehead atoms. The van der Waals surface area contributed by atoms with Crippen LogP contribution in [0.15, 0.2) is 59.9 Å². The van der Waals surface area contributed by atoms with Crippen LogP contribution in [0.1, 0.15) is 38.3 Å². The van der Waals surface area contributed by atoms with Crippen LogP contribution < -0.4 is 0 Å².